The van der Waals surface area contributed by atoms with Crippen LogP contribution in [0.2, 0.25) is 4.34 Å². The minimum Gasteiger partial charge on any atom is -0.336 e. The average Bonchev–Trinajstić information content (AvgIpc) is 3.00. The summed E-state index contributed by atoms with van der Waals surface area (Å²) in [6, 6.07) is 12.5. The molecule has 2 aromatic rings. The van der Waals surface area contributed by atoms with Gasteiger partial charge in [-0.1, -0.05) is 42.8 Å². The number of hydrogen-bond acceptors (Lipinski definition) is 3. The molecule has 1 aromatic carbocycles. The maximum atomic E-state index is 12.4. The van der Waals surface area contributed by atoms with Gasteiger partial charge in [-0.3, -0.25) is 0 Å². The lowest BCUT2D eigenvalue weighted by atomic mass is 10.0. The Kier molecular flexibility index (Phi) is 7.29. The summed E-state index contributed by atoms with van der Waals surface area (Å²) < 4.78 is 0.743. The van der Waals surface area contributed by atoms with Crippen molar-refractivity contribution >= 4 is 29.0 Å². The van der Waals surface area contributed by atoms with Crippen LogP contribution in [0.1, 0.15) is 29.0 Å². The topological polar surface area (TPSA) is 35.6 Å². The van der Waals surface area contributed by atoms with Crippen LogP contribution in [-0.4, -0.2) is 43.5 Å². The van der Waals surface area contributed by atoms with Crippen molar-refractivity contribution in [3.05, 3.63) is 56.7 Å². The van der Waals surface area contributed by atoms with Gasteiger partial charge >= 0.3 is 6.03 Å². The standard InChI is InChI=1S/C19H26ClN3OS/c1-5-14-6-8-15(9-7-14)17(22(2)3)12-21-19(24)23(4)13-16-10-11-18(20)25-16/h6-11,17H,5,12-13H2,1-4H3,(H,21,24). The number of urea groups is 1. The van der Waals surface area contributed by atoms with Crippen LogP contribution in [0.4, 0.5) is 4.79 Å². The van der Waals surface area contributed by atoms with Crippen molar-refractivity contribution in [2.45, 2.75) is 25.9 Å². The molecule has 1 aromatic heterocycles. The molecule has 1 unspecified atom stereocenters. The van der Waals surface area contributed by atoms with E-state index < -0.39 is 0 Å². The van der Waals surface area contributed by atoms with Crippen molar-refractivity contribution < 1.29 is 4.79 Å². The van der Waals surface area contributed by atoms with Crippen LogP contribution >= 0.6 is 22.9 Å². The number of carbonyl (C=O) groups is 1. The van der Waals surface area contributed by atoms with Gasteiger partial charge in [0.1, 0.15) is 0 Å². The van der Waals surface area contributed by atoms with Gasteiger partial charge in [-0.25, -0.2) is 4.79 Å². The van der Waals surface area contributed by atoms with Gasteiger partial charge < -0.3 is 15.1 Å². The van der Waals surface area contributed by atoms with E-state index in [1.807, 2.05) is 26.2 Å². The maximum absolute atomic E-state index is 12.4. The maximum Gasteiger partial charge on any atom is 0.317 e. The molecular weight excluding hydrogens is 354 g/mol. The molecule has 0 saturated heterocycles. The predicted molar refractivity (Wildman–Crippen MR) is 106 cm³/mol. The number of halogens is 1. The Morgan fingerprint density at radius 2 is 1.84 bits per heavy atom. The normalized spacial score (nSPS) is 12.2. The number of nitrogens with zero attached hydrogens (tertiary/aromatic N) is 2. The van der Waals surface area contributed by atoms with Gasteiger partial charge in [0.25, 0.3) is 0 Å². The highest BCUT2D eigenvalue weighted by Gasteiger charge is 2.17. The van der Waals surface area contributed by atoms with E-state index in [1.54, 1.807) is 11.9 Å². The lowest BCUT2D eigenvalue weighted by Crippen LogP contribution is -2.41. The molecule has 0 aliphatic rings. The average molecular weight is 380 g/mol. The first-order chi connectivity index (χ1) is 11.9. The van der Waals surface area contributed by atoms with Gasteiger partial charge in [0.2, 0.25) is 0 Å². The van der Waals surface area contributed by atoms with E-state index in [4.69, 9.17) is 11.6 Å². The van der Waals surface area contributed by atoms with Crippen LogP contribution in [-0.2, 0) is 13.0 Å². The van der Waals surface area contributed by atoms with Gasteiger partial charge in [-0.2, -0.15) is 0 Å². The Morgan fingerprint density at radius 3 is 2.36 bits per heavy atom. The molecule has 25 heavy (non-hydrogen) atoms. The molecule has 1 atom stereocenters. The molecule has 0 spiro atoms. The Morgan fingerprint density at radius 1 is 1.16 bits per heavy atom. The van der Waals surface area contributed by atoms with E-state index in [0.717, 1.165) is 15.6 Å². The van der Waals surface area contributed by atoms with Crippen molar-refractivity contribution in [2.75, 3.05) is 27.7 Å². The zero-order valence-corrected chi connectivity index (χ0v) is 16.8. The molecule has 0 saturated carbocycles. The van der Waals surface area contributed by atoms with E-state index in [1.165, 1.54) is 22.5 Å². The summed E-state index contributed by atoms with van der Waals surface area (Å²) in [4.78, 5) is 17.3. The number of likely N-dealkylation sites (N-methyl/N-ethyl adjacent to an activating group) is 1. The van der Waals surface area contributed by atoms with Gasteiger partial charge in [-0.15, -0.1) is 11.3 Å². The highest BCUT2D eigenvalue weighted by Crippen LogP contribution is 2.22. The van der Waals surface area contributed by atoms with Crippen molar-refractivity contribution in [1.29, 1.82) is 0 Å². The van der Waals surface area contributed by atoms with Crippen LogP contribution in [0.3, 0.4) is 0 Å². The van der Waals surface area contributed by atoms with E-state index in [9.17, 15) is 4.79 Å². The van der Waals surface area contributed by atoms with Gasteiger partial charge in [0.05, 0.1) is 16.9 Å². The molecule has 2 rings (SSSR count). The van der Waals surface area contributed by atoms with Crippen LogP contribution in [0.5, 0.6) is 0 Å². The number of amides is 2. The number of rotatable bonds is 7. The number of aryl methyl sites for hydroxylation is 1. The van der Waals surface area contributed by atoms with Crippen molar-refractivity contribution in [1.82, 2.24) is 15.1 Å². The molecule has 0 aliphatic carbocycles. The smallest absolute Gasteiger partial charge is 0.317 e. The lowest BCUT2D eigenvalue weighted by molar-refractivity contribution is 0.201. The number of carbonyl (C=O) groups excluding carboxylic acids is 1. The summed E-state index contributed by atoms with van der Waals surface area (Å²) in [5.74, 6) is 0. The number of thiophene rings is 1. The molecular formula is C19H26ClN3OS. The van der Waals surface area contributed by atoms with Crippen LogP contribution in [0.25, 0.3) is 0 Å². The largest absolute Gasteiger partial charge is 0.336 e. The number of hydrogen-bond donors (Lipinski definition) is 1. The first-order valence-corrected chi connectivity index (χ1v) is 9.58. The summed E-state index contributed by atoms with van der Waals surface area (Å²) in [6.45, 7) is 3.27. The Balaban J connectivity index is 1.94. The molecule has 136 valence electrons. The third-order valence-electron chi connectivity index (χ3n) is 4.21. The molecule has 2 amide bonds. The van der Waals surface area contributed by atoms with Gasteiger partial charge in [0.15, 0.2) is 0 Å². The summed E-state index contributed by atoms with van der Waals surface area (Å²) in [5.41, 5.74) is 2.52. The second-order valence-electron chi connectivity index (χ2n) is 6.32. The Hall–Kier alpha value is -1.56. The lowest BCUT2D eigenvalue weighted by Gasteiger charge is -2.26. The summed E-state index contributed by atoms with van der Waals surface area (Å²) >= 11 is 7.44. The monoisotopic (exact) mass is 379 g/mol. The van der Waals surface area contributed by atoms with E-state index in [2.05, 4.69) is 41.4 Å². The third kappa shape index (κ3) is 5.73. The van der Waals surface area contributed by atoms with Crippen molar-refractivity contribution in [3.63, 3.8) is 0 Å². The number of nitrogens with one attached hydrogen (secondary N) is 1. The SMILES string of the molecule is CCc1ccc(C(CNC(=O)N(C)Cc2ccc(Cl)s2)N(C)C)cc1. The first-order valence-electron chi connectivity index (χ1n) is 8.39. The van der Waals surface area contributed by atoms with E-state index >= 15 is 0 Å². The molecule has 0 radical (unpaired) electrons. The van der Waals surface area contributed by atoms with Gasteiger partial charge in [-0.05, 0) is 43.8 Å². The second kappa shape index (κ2) is 9.22. The molecule has 0 fully saturated rings. The predicted octanol–water partition coefficient (Wildman–Crippen LogP) is 4.41. The molecule has 0 aliphatic heterocycles. The molecule has 1 heterocycles. The second-order valence-corrected chi connectivity index (χ2v) is 8.12. The van der Waals surface area contributed by atoms with Crippen molar-refractivity contribution in [2.24, 2.45) is 0 Å². The first kappa shape index (κ1) is 19.8. The zero-order valence-electron chi connectivity index (χ0n) is 15.3. The highest BCUT2D eigenvalue weighted by atomic mass is 35.5. The fourth-order valence-corrected chi connectivity index (χ4v) is 3.78. The van der Waals surface area contributed by atoms with Crippen molar-refractivity contribution in [3.8, 4) is 0 Å². The fraction of sp³-hybridized carbons (Fsp3) is 0.421. The van der Waals surface area contributed by atoms with E-state index in [-0.39, 0.29) is 12.1 Å². The van der Waals surface area contributed by atoms with Gasteiger partial charge in [0, 0.05) is 18.5 Å². The quantitative estimate of drug-likeness (QED) is 0.773. The van der Waals surface area contributed by atoms with Crippen LogP contribution < -0.4 is 5.32 Å². The zero-order chi connectivity index (χ0) is 18.4. The molecule has 4 nitrogen and oxygen atoms in total. The molecule has 6 heteroatoms. The molecule has 1 N–H and O–H groups in total. The van der Waals surface area contributed by atoms with E-state index in [0.29, 0.717) is 13.1 Å². The Labute approximate surface area is 159 Å². The van der Waals surface area contributed by atoms with Crippen LogP contribution in [0.15, 0.2) is 36.4 Å². The Bertz CT molecular complexity index is 684. The summed E-state index contributed by atoms with van der Waals surface area (Å²) in [7, 11) is 5.85. The fourth-order valence-electron chi connectivity index (χ4n) is 2.64. The minimum absolute atomic E-state index is 0.0819. The summed E-state index contributed by atoms with van der Waals surface area (Å²) in [6.07, 6.45) is 1.03. The minimum atomic E-state index is -0.0819. The van der Waals surface area contributed by atoms with Crippen LogP contribution in [0, 0.1) is 0 Å². The number of benzene rings is 1. The summed E-state index contributed by atoms with van der Waals surface area (Å²) in [5, 5.41) is 3.03. The highest BCUT2D eigenvalue weighted by molar-refractivity contribution is 7.16. The molecule has 0 bridgehead atoms. The third-order valence-corrected chi connectivity index (χ3v) is 5.43.